The Bertz CT molecular complexity index is 628. The molecule has 2 rings (SSSR count). The molecule has 0 aliphatic rings. The van der Waals surface area contributed by atoms with Crippen molar-refractivity contribution in [3.8, 4) is 0 Å². The highest BCUT2D eigenvalue weighted by atomic mass is 19.1. The van der Waals surface area contributed by atoms with Gasteiger partial charge in [-0.3, -0.25) is 14.3 Å². The second-order valence-corrected chi connectivity index (χ2v) is 4.67. The van der Waals surface area contributed by atoms with Crippen LogP contribution in [0.3, 0.4) is 0 Å². The van der Waals surface area contributed by atoms with Crippen molar-refractivity contribution in [3.05, 3.63) is 54.1 Å². The van der Waals surface area contributed by atoms with Gasteiger partial charge in [0.1, 0.15) is 5.82 Å². The third kappa shape index (κ3) is 5.01. The number of carbonyl (C=O) groups is 2. The largest absolute Gasteiger partial charge is 0.355 e. The summed E-state index contributed by atoms with van der Waals surface area (Å²) in [4.78, 5) is 23.3. The van der Waals surface area contributed by atoms with Gasteiger partial charge in [-0.2, -0.15) is 5.10 Å². The Labute approximate surface area is 127 Å². The number of hydrogen-bond donors (Lipinski definition) is 2. The zero-order chi connectivity index (χ0) is 15.8. The van der Waals surface area contributed by atoms with Crippen molar-refractivity contribution >= 4 is 11.8 Å². The Morgan fingerprint density at radius 2 is 2.09 bits per heavy atom. The first kappa shape index (κ1) is 15.7. The number of rotatable bonds is 7. The van der Waals surface area contributed by atoms with E-state index in [0.717, 1.165) is 12.5 Å². The van der Waals surface area contributed by atoms with Crippen LogP contribution in [0.4, 0.5) is 4.39 Å². The summed E-state index contributed by atoms with van der Waals surface area (Å²) in [6.45, 7) is 1.06. The highest BCUT2D eigenvalue weighted by molar-refractivity contribution is 5.96. The molecule has 2 N–H and O–H groups in total. The lowest BCUT2D eigenvalue weighted by Gasteiger charge is -2.07. The molecule has 1 aromatic heterocycles. The number of amides is 2. The van der Waals surface area contributed by atoms with Crippen LogP contribution in [0.25, 0.3) is 0 Å². The van der Waals surface area contributed by atoms with E-state index in [1.54, 1.807) is 10.9 Å². The van der Waals surface area contributed by atoms with Crippen molar-refractivity contribution in [2.24, 2.45) is 0 Å². The number of nitrogens with zero attached hydrogens (tertiary/aromatic N) is 2. The van der Waals surface area contributed by atoms with Gasteiger partial charge in [-0.05, 0) is 30.7 Å². The Morgan fingerprint density at radius 1 is 1.23 bits per heavy atom. The van der Waals surface area contributed by atoms with Crippen LogP contribution in [-0.2, 0) is 11.3 Å². The van der Waals surface area contributed by atoms with Crippen LogP contribution in [0.2, 0.25) is 0 Å². The van der Waals surface area contributed by atoms with Crippen molar-refractivity contribution in [2.45, 2.75) is 13.0 Å². The number of aryl methyl sites for hydroxylation is 1. The van der Waals surface area contributed by atoms with Gasteiger partial charge in [0, 0.05) is 31.0 Å². The van der Waals surface area contributed by atoms with Crippen molar-refractivity contribution in [1.82, 2.24) is 20.4 Å². The fraction of sp³-hybridized carbons (Fsp3) is 0.267. The molecule has 2 amide bonds. The molecule has 6 nitrogen and oxygen atoms in total. The molecule has 116 valence electrons. The summed E-state index contributed by atoms with van der Waals surface area (Å²) in [5.74, 6) is -1.26. The van der Waals surface area contributed by atoms with Crippen molar-refractivity contribution in [1.29, 1.82) is 0 Å². The SMILES string of the molecule is O=C(CNC(=O)c1cccc(F)c1)NCCCn1cccn1. The number of aromatic nitrogens is 2. The minimum atomic E-state index is -0.490. The van der Waals surface area contributed by atoms with Crippen molar-refractivity contribution in [3.63, 3.8) is 0 Å². The average molecular weight is 304 g/mol. The maximum atomic E-state index is 13.0. The zero-order valence-electron chi connectivity index (χ0n) is 12.0. The monoisotopic (exact) mass is 304 g/mol. The van der Waals surface area contributed by atoms with Gasteiger partial charge in [0.05, 0.1) is 6.54 Å². The fourth-order valence-electron chi connectivity index (χ4n) is 1.86. The number of halogens is 1. The lowest BCUT2D eigenvalue weighted by Crippen LogP contribution is -2.37. The number of carbonyl (C=O) groups excluding carboxylic acids is 2. The van der Waals surface area contributed by atoms with Crippen LogP contribution >= 0.6 is 0 Å². The molecule has 0 bridgehead atoms. The third-order valence-electron chi connectivity index (χ3n) is 2.94. The molecule has 22 heavy (non-hydrogen) atoms. The lowest BCUT2D eigenvalue weighted by atomic mass is 10.2. The van der Waals surface area contributed by atoms with E-state index in [2.05, 4.69) is 15.7 Å². The molecule has 0 unspecified atom stereocenters. The molecule has 0 saturated carbocycles. The molecule has 0 aliphatic carbocycles. The number of benzene rings is 1. The van der Waals surface area contributed by atoms with E-state index in [1.807, 2.05) is 12.3 Å². The fourth-order valence-corrected chi connectivity index (χ4v) is 1.86. The predicted octanol–water partition coefficient (Wildman–Crippen LogP) is 0.958. The van der Waals surface area contributed by atoms with Gasteiger partial charge in [0.15, 0.2) is 0 Å². The molecule has 7 heteroatoms. The van der Waals surface area contributed by atoms with Crippen molar-refractivity contribution in [2.75, 3.05) is 13.1 Å². The summed E-state index contributed by atoms with van der Waals surface area (Å²) < 4.78 is 14.8. The van der Waals surface area contributed by atoms with Gasteiger partial charge in [-0.15, -0.1) is 0 Å². The average Bonchev–Trinajstić information content (AvgIpc) is 3.02. The van der Waals surface area contributed by atoms with Crippen LogP contribution in [0, 0.1) is 5.82 Å². The maximum absolute atomic E-state index is 13.0. The molecule has 0 fully saturated rings. The van der Waals surface area contributed by atoms with Crippen LogP contribution in [0.5, 0.6) is 0 Å². The normalized spacial score (nSPS) is 10.2. The first-order valence-corrected chi connectivity index (χ1v) is 6.93. The molecular formula is C15H17FN4O2. The molecule has 1 heterocycles. The Kier molecular flexibility index (Phi) is 5.65. The molecule has 0 atom stereocenters. The van der Waals surface area contributed by atoms with Crippen molar-refractivity contribution < 1.29 is 14.0 Å². The summed E-state index contributed by atoms with van der Waals surface area (Å²) in [5, 5.41) is 9.19. The Hall–Kier alpha value is -2.70. The Balaban J connectivity index is 1.64. The molecule has 0 aliphatic heterocycles. The first-order chi connectivity index (χ1) is 10.6. The number of nitrogens with one attached hydrogen (secondary N) is 2. The van der Waals surface area contributed by atoms with E-state index in [-0.39, 0.29) is 18.0 Å². The van der Waals surface area contributed by atoms with Gasteiger partial charge in [0.2, 0.25) is 5.91 Å². The Morgan fingerprint density at radius 3 is 2.82 bits per heavy atom. The highest BCUT2D eigenvalue weighted by Crippen LogP contribution is 2.02. The lowest BCUT2D eigenvalue weighted by molar-refractivity contribution is -0.120. The first-order valence-electron chi connectivity index (χ1n) is 6.93. The summed E-state index contributed by atoms with van der Waals surface area (Å²) in [7, 11) is 0. The van der Waals surface area contributed by atoms with Gasteiger partial charge in [-0.1, -0.05) is 6.07 Å². The van der Waals surface area contributed by atoms with E-state index < -0.39 is 11.7 Å². The molecule has 0 spiro atoms. The smallest absolute Gasteiger partial charge is 0.251 e. The summed E-state index contributed by atoms with van der Waals surface area (Å²) in [6.07, 6.45) is 4.28. The standard InChI is InChI=1S/C15H17FN4O2/c16-13-5-1-4-12(10-13)15(22)18-11-14(21)17-6-2-8-20-9-3-7-19-20/h1,3-5,7,9-10H,2,6,8,11H2,(H,17,21)(H,18,22). The highest BCUT2D eigenvalue weighted by Gasteiger charge is 2.08. The van der Waals surface area contributed by atoms with Gasteiger partial charge in [-0.25, -0.2) is 4.39 Å². The van der Waals surface area contributed by atoms with Crippen LogP contribution in [0.15, 0.2) is 42.7 Å². The van der Waals surface area contributed by atoms with Crippen LogP contribution < -0.4 is 10.6 Å². The van der Waals surface area contributed by atoms with Gasteiger partial charge >= 0.3 is 0 Å². The summed E-state index contributed by atoms with van der Waals surface area (Å²) in [6, 6.07) is 7.14. The van der Waals surface area contributed by atoms with Gasteiger partial charge in [0.25, 0.3) is 5.91 Å². The van der Waals surface area contributed by atoms with E-state index in [9.17, 15) is 14.0 Å². The summed E-state index contributed by atoms with van der Waals surface area (Å²) >= 11 is 0. The van der Waals surface area contributed by atoms with E-state index in [0.29, 0.717) is 13.1 Å². The molecule has 0 radical (unpaired) electrons. The number of hydrogen-bond acceptors (Lipinski definition) is 3. The second kappa shape index (κ2) is 7.92. The molecule has 2 aromatic rings. The van der Waals surface area contributed by atoms with Gasteiger partial charge < -0.3 is 10.6 Å². The molecule has 0 saturated heterocycles. The van der Waals surface area contributed by atoms with Crippen LogP contribution in [0.1, 0.15) is 16.8 Å². The van der Waals surface area contributed by atoms with Crippen LogP contribution in [-0.4, -0.2) is 34.7 Å². The quantitative estimate of drug-likeness (QED) is 0.748. The summed E-state index contributed by atoms with van der Waals surface area (Å²) in [5.41, 5.74) is 0.187. The third-order valence-corrected chi connectivity index (χ3v) is 2.94. The topological polar surface area (TPSA) is 76.0 Å². The maximum Gasteiger partial charge on any atom is 0.251 e. The molecule has 1 aromatic carbocycles. The second-order valence-electron chi connectivity index (χ2n) is 4.67. The van der Waals surface area contributed by atoms with E-state index in [1.165, 1.54) is 18.2 Å². The zero-order valence-corrected chi connectivity index (χ0v) is 12.0. The predicted molar refractivity (Wildman–Crippen MR) is 78.6 cm³/mol. The minimum Gasteiger partial charge on any atom is -0.355 e. The molecular weight excluding hydrogens is 287 g/mol. The van der Waals surface area contributed by atoms with E-state index in [4.69, 9.17) is 0 Å². The van der Waals surface area contributed by atoms with E-state index >= 15 is 0 Å². The minimum absolute atomic E-state index is 0.142.